The second kappa shape index (κ2) is 7.77. The number of ether oxygens (including phenoxy) is 1. The van der Waals surface area contributed by atoms with Gasteiger partial charge in [-0.25, -0.2) is 4.39 Å². The smallest absolute Gasteiger partial charge is 0.127 e. The first kappa shape index (κ1) is 15.5. The van der Waals surface area contributed by atoms with Crippen molar-refractivity contribution < 1.29 is 9.13 Å². The van der Waals surface area contributed by atoms with Gasteiger partial charge in [0, 0.05) is 6.07 Å². The summed E-state index contributed by atoms with van der Waals surface area (Å²) in [4.78, 5) is 0. The molecule has 4 heteroatoms. The number of halogens is 2. The molecule has 0 bridgehead atoms. The van der Waals surface area contributed by atoms with Gasteiger partial charge in [0.2, 0.25) is 0 Å². The van der Waals surface area contributed by atoms with Crippen molar-refractivity contribution in [2.75, 3.05) is 6.54 Å². The third kappa shape index (κ3) is 4.89. The van der Waals surface area contributed by atoms with Crippen molar-refractivity contribution in [1.82, 2.24) is 0 Å². The van der Waals surface area contributed by atoms with E-state index in [9.17, 15) is 4.39 Å². The first-order valence-corrected chi connectivity index (χ1v) is 5.94. The van der Waals surface area contributed by atoms with Gasteiger partial charge in [0.25, 0.3) is 0 Å². The molecule has 0 aliphatic rings. The van der Waals surface area contributed by atoms with Crippen LogP contribution >= 0.6 is 12.4 Å². The molecule has 0 aliphatic heterocycles. The van der Waals surface area contributed by atoms with Gasteiger partial charge in [-0.2, -0.15) is 0 Å². The molecule has 2 rings (SSSR count). The van der Waals surface area contributed by atoms with Crippen LogP contribution in [0.1, 0.15) is 11.1 Å². The number of hydrogen-bond donors (Lipinski definition) is 1. The largest absolute Gasteiger partial charge is 0.489 e. The highest BCUT2D eigenvalue weighted by atomic mass is 35.5. The fourth-order valence-corrected chi connectivity index (χ4v) is 1.76. The molecule has 0 spiro atoms. The molecule has 0 saturated carbocycles. The van der Waals surface area contributed by atoms with E-state index >= 15 is 0 Å². The highest BCUT2D eigenvalue weighted by Gasteiger charge is 2.02. The van der Waals surface area contributed by atoms with E-state index in [-0.39, 0.29) is 18.2 Å². The third-order valence-corrected chi connectivity index (χ3v) is 2.61. The molecule has 0 aromatic heterocycles. The average Bonchev–Trinajstić information content (AvgIpc) is 2.37. The lowest BCUT2D eigenvalue weighted by Crippen LogP contribution is -2.03. The Kier molecular flexibility index (Phi) is 6.33. The SMILES string of the molecule is Cl.NCCc1cc(F)cc(OCc2ccccc2)c1. The van der Waals surface area contributed by atoms with Crippen LogP contribution in [-0.4, -0.2) is 6.54 Å². The topological polar surface area (TPSA) is 35.2 Å². The normalized spacial score (nSPS) is 9.79. The predicted octanol–water partition coefficient (Wildman–Crippen LogP) is 3.33. The summed E-state index contributed by atoms with van der Waals surface area (Å²) in [5, 5.41) is 0. The Hall–Kier alpha value is -1.58. The summed E-state index contributed by atoms with van der Waals surface area (Å²) >= 11 is 0. The maximum absolute atomic E-state index is 13.4. The van der Waals surface area contributed by atoms with Crippen LogP contribution in [0.15, 0.2) is 48.5 Å². The number of rotatable bonds is 5. The monoisotopic (exact) mass is 281 g/mol. The number of nitrogens with two attached hydrogens (primary N) is 1. The minimum Gasteiger partial charge on any atom is -0.489 e. The summed E-state index contributed by atoms with van der Waals surface area (Å²) in [6.45, 7) is 0.938. The van der Waals surface area contributed by atoms with E-state index in [1.165, 1.54) is 12.1 Å². The van der Waals surface area contributed by atoms with E-state index in [4.69, 9.17) is 10.5 Å². The van der Waals surface area contributed by atoms with E-state index in [1.807, 2.05) is 36.4 Å². The van der Waals surface area contributed by atoms with Crippen molar-refractivity contribution in [2.45, 2.75) is 13.0 Å². The summed E-state index contributed by atoms with van der Waals surface area (Å²) in [5.74, 6) is 0.256. The van der Waals surface area contributed by atoms with Gasteiger partial charge in [-0.05, 0) is 36.2 Å². The molecule has 0 radical (unpaired) electrons. The molecule has 0 aliphatic carbocycles. The Morgan fingerprint density at radius 1 is 1.00 bits per heavy atom. The zero-order valence-electron chi connectivity index (χ0n) is 10.5. The van der Waals surface area contributed by atoms with Crippen LogP contribution in [0.2, 0.25) is 0 Å². The molecular formula is C15H17ClFNO. The summed E-state index contributed by atoms with van der Waals surface area (Å²) < 4.78 is 18.9. The van der Waals surface area contributed by atoms with E-state index < -0.39 is 0 Å². The van der Waals surface area contributed by atoms with E-state index in [2.05, 4.69) is 0 Å². The summed E-state index contributed by atoms with van der Waals surface area (Å²) in [5.41, 5.74) is 7.38. The van der Waals surface area contributed by atoms with Crippen molar-refractivity contribution in [3.63, 3.8) is 0 Å². The van der Waals surface area contributed by atoms with Gasteiger partial charge in [0.1, 0.15) is 18.2 Å². The Morgan fingerprint density at radius 2 is 1.74 bits per heavy atom. The van der Waals surface area contributed by atoms with Gasteiger partial charge in [0.05, 0.1) is 0 Å². The number of hydrogen-bond acceptors (Lipinski definition) is 2. The second-order valence-electron chi connectivity index (χ2n) is 4.11. The first-order valence-electron chi connectivity index (χ1n) is 5.94. The minimum absolute atomic E-state index is 0. The molecule has 2 nitrogen and oxygen atoms in total. The van der Waals surface area contributed by atoms with Gasteiger partial charge >= 0.3 is 0 Å². The fraction of sp³-hybridized carbons (Fsp3) is 0.200. The van der Waals surface area contributed by atoms with Gasteiger partial charge in [-0.1, -0.05) is 30.3 Å². The Labute approximate surface area is 118 Å². The van der Waals surface area contributed by atoms with Crippen LogP contribution in [0.4, 0.5) is 4.39 Å². The van der Waals surface area contributed by atoms with Crippen molar-refractivity contribution in [1.29, 1.82) is 0 Å². The van der Waals surface area contributed by atoms with Gasteiger partial charge in [-0.3, -0.25) is 0 Å². The molecule has 0 atom stereocenters. The van der Waals surface area contributed by atoms with Crippen molar-refractivity contribution in [3.8, 4) is 5.75 Å². The van der Waals surface area contributed by atoms with Crippen LogP contribution in [0.3, 0.4) is 0 Å². The molecule has 19 heavy (non-hydrogen) atoms. The van der Waals surface area contributed by atoms with Crippen LogP contribution in [0.25, 0.3) is 0 Å². The number of benzene rings is 2. The second-order valence-corrected chi connectivity index (χ2v) is 4.11. The first-order chi connectivity index (χ1) is 8.78. The molecule has 0 fully saturated rings. The summed E-state index contributed by atoms with van der Waals surface area (Å²) in [6, 6.07) is 14.5. The van der Waals surface area contributed by atoms with E-state index in [1.54, 1.807) is 0 Å². The van der Waals surface area contributed by atoms with Crippen molar-refractivity contribution in [2.24, 2.45) is 5.73 Å². The van der Waals surface area contributed by atoms with E-state index in [0.29, 0.717) is 25.3 Å². The van der Waals surface area contributed by atoms with Crippen LogP contribution < -0.4 is 10.5 Å². The minimum atomic E-state index is -0.288. The highest BCUT2D eigenvalue weighted by molar-refractivity contribution is 5.85. The lowest BCUT2D eigenvalue weighted by molar-refractivity contribution is 0.304. The molecular weight excluding hydrogens is 265 g/mol. The Bertz CT molecular complexity index is 505. The van der Waals surface area contributed by atoms with Crippen LogP contribution in [0, 0.1) is 5.82 Å². The predicted molar refractivity (Wildman–Crippen MR) is 77.2 cm³/mol. The lowest BCUT2D eigenvalue weighted by atomic mass is 10.1. The lowest BCUT2D eigenvalue weighted by Gasteiger charge is -2.08. The summed E-state index contributed by atoms with van der Waals surface area (Å²) in [6.07, 6.45) is 0.652. The molecule has 0 saturated heterocycles. The molecule has 2 aromatic carbocycles. The maximum Gasteiger partial charge on any atom is 0.127 e. The third-order valence-electron chi connectivity index (χ3n) is 2.61. The van der Waals surface area contributed by atoms with E-state index in [0.717, 1.165) is 11.1 Å². The van der Waals surface area contributed by atoms with Gasteiger partial charge < -0.3 is 10.5 Å². The molecule has 2 aromatic rings. The molecule has 0 heterocycles. The Morgan fingerprint density at radius 3 is 2.42 bits per heavy atom. The van der Waals surface area contributed by atoms with Crippen LogP contribution in [0.5, 0.6) is 5.75 Å². The molecule has 2 N–H and O–H groups in total. The highest BCUT2D eigenvalue weighted by Crippen LogP contribution is 2.18. The summed E-state index contributed by atoms with van der Waals surface area (Å²) in [7, 11) is 0. The molecule has 102 valence electrons. The average molecular weight is 282 g/mol. The molecule has 0 unspecified atom stereocenters. The van der Waals surface area contributed by atoms with Crippen molar-refractivity contribution in [3.05, 3.63) is 65.5 Å². The zero-order valence-corrected chi connectivity index (χ0v) is 11.3. The standard InChI is InChI=1S/C15H16FNO.ClH/c16-14-8-13(6-7-17)9-15(10-14)18-11-12-4-2-1-3-5-12;/h1-5,8-10H,6-7,11,17H2;1H. The van der Waals surface area contributed by atoms with Gasteiger partial charge in [0.15, 0.2) is 0 Å². The Balaban J connectivity index is 0.00000180. The zero-order chi connectivity index (χ0) is 12.8. The van der Waals surface area contributed by atoms with Gasteiger partial charge in [-0.15, -0.1) is 12.4 Å². The van der Waals surface area contributed by atoms with Crippen molar-refractivity contribution >= 4 is 12.4 Å². The fourth-order valence-electron chi connectivity index (χ4n) is 1.76. The van der Waals surface area contributed by atoms with Crippen LogP contribution in [-0.2, 0) is 13.0 Å². The molecule has 0 amide bonds. The quantitative estimate of drug-likeness (QED) is 0.912. The maximum atomic E-state index is 13.4.